The predicted molar refractivity (Wildman–Crippen MR) is 114 cm³/mol. The van der Waals surface area contributed by atoms with Crippen molar-refractivity contribution in [3.63, 3.8) is 0 Å². The van der Waals surface area contributed by atoms with E-state index in [4.69, 9.17) is 0 Å². The Morgan fingerprint density at radius 3 is 2.55 bits per heavy atom. The molecule has 0 aliphatic carbocycles. The summed E-state index contributed by atoms with van der Waals surface area (Å²) in [6.07, 6.45) is -2.84. The minimum Gasteiger partial charge on any atom is -0.478 e. The summed E-state index contributed by atoms with van der Waals surface area (Å²) in [7, 11) is 0. The number of carboxylic acids is 1. The number of hydrogen-bond donors (Lipinski definition) is 1. The van der Waals surface area contributed by atoms with E-state index in [9.17, 15) is 27.9 Å². The number of hydrogen-bond acceptors (Lipinski definition) is 3. The molecule has 2 heterocycles. The molecular weight excluding hydrogens is 427 g/mol. The lowest BCUT2D eigenvalue weighted by atomic mass is 10.0. The van der Waals surface area contributed by atoms with Gasteiger partial charge in [0.1, 0.15) is 6.54 Å². The molecule has 0 aliphatic heterocycles. The summed E-state index contributed by atoms with van der Waals surface area (Å²) in [5.74, 6) is -1.00. The normalized spacial score (nSPS) is 11.7. The maximum absolute atomic E-state index is 12.7. The van der Waals surface area contributed by atoms with Crippen LogP contribution in [0.15, 0.2) is 71.7 Å². The number of carbonyl (C=O) groups is 1. The SMILES string of the molecule is O=C(O)c1cccc(-c2cccc3cc(Cc4ccc(=O)n(CC(F)(F)F)c4)sc23)c1. The van der Waals surface area contributed by atoms with Gasteiger partial charge in [-0.3, -0.25) is 4.79 Å². The molecule has 0 unspecified atom stereocenters. The number of thiophene rings is 1. The molecule has 31 heavy (non-hydrogen) atoms. The zero-order valence-electron chi connectivity index (χ0n) is 16.0. The summed E-state index contributed by atoms with van der Waals surface area (Å²) in [5.41, 5.74) is 1.76. The maximum atomic E-state index is 12.7. The quantitative estimate of drug-likeness (QED) is 0.438. The second-order valence-corrected chi connectivity index (χ2v) is 8.25. The van der Waals surface area contributed by atoms with Gasteiger partial charge in [-0.1, -0.05) is 36.4 Å². The minimum atomic E-state index is -4.47. The molecule has 0 bridgehead atoms. The molecule has 158 valence electrons. The Hall–Kier alpha value is -3.39. The Labute approximate surface area is 178 Å². The predicted octanol–water partition coefficient (Wildman–Crippen LogP) is 5.58. The van der Waals surface area contributed by atoms with E-state index in [2.05, 4.69) is 0 Å². The number of aromatic carboxylic acids is 1. The molecule has 4 rings (SSSR count). The van der Waals surface area contributed by atoms with Crippen LogP contribution in [0.5, 0.6) is 0 Å². The van der Waals surface area contributed by atoms with Crippen molar-refractivity contribution in [3.8, 4) is 11.1 Å². The lowest BCUT2D eigenvalue weighted by Crippen LogP contribution is -2.27. The van der Waals surface area contributed by atoms with E-state index in [0.717, 1.165) is 32.2 Å². The van der Waals surface area contributed by atoms with Gasteiger partial charge in [-0.2, -0.15) is 13.2 Å². The molecule has 4 aromatic rings. The fourth-order valence-corrected chi connectivity index (χ4v) is 4.68. The van der Waals surface area contributed by atoms with Gasteiger partial charge in [0.2, 0.25) is 0 Å². The molecule has 0 fully saturated rings. The fraction of sp³-hybridized carbons (Fsp3) is 0.130. The average Bonchev–Trinajstić information content (AvgIpc) is 3.12. The van der Waals surface area contributed by atoms with Crippen molar-refractivity contribution < 1.29 is 23.1 Å². The van der Waals surface area contributed by atoms with Crippen molar-refractivity contribution in [2.24, 2.45) is 0 Å². The Balaban J connectivity index is 1.69. The van der Waals surface area contributed by atoms with Crippen LogP contribution in [0.4, 0.5) is 13.2 Å². The summed E-state index contributed by atoms with van der Waals surface area (Å²) < 4.78 is 39.8. The second kappa shape index (κ2) is 8.03. The lowest BCUT2D eigenvalue weighted by Gasteiger charge is -2.10. The van der Waals surface area contributed by atoms with Crippen LogP contribution in [0.3, 0.4) is 0 Å². The highest BCUT2D eigenvalue weighted by Crippen LogP contribution is 2.36. The summed E-state index contributed by atoms with van der Waals surface area (Å²) in [6.45, 7) is -1.32. The summed E-state index contributed by atoms with van der Waals surface area (Å²) in [5, 5.41) is 10.2. The number of halogens is 3. The van der Waals surface area contributed by atoms with E-state index in [1.165, 1.54) is 29.7 Å². The van der Waals surface area contributed by atoms with E-state index in [1.807, 2.05) is 30.3 Å². The topological polar surface area (TPSA) is 59.3 Å². The first-order chi connectivity index (χ1) is 14.7. The van der Waals surface area contributed by atoms with Crippen LogP contribution < -0.4 is 5.56 Å². The van der Waals surface area contributed by atoms with Crippen LogP contribution in [0.2, 0.25) is 0 Å². The number of rotatable bonds is 5. The number of fused-ring (bicyclic) bond motifs is 1. The van der Waals surface area contributed by atoms with Crippen LogP contribution in [0, 0.1) is 0 Å². The van der Waals surface area contributed by atoms with E-state index in [1.54, 1.807) is 12.1 Å². The van der Waals surface area contributed by atoms with Gasteiger partial charge >= 0.3 is 12.1 Å². The molecule has 0 saturated heterocycles. The third-order valence-corrected chi connectivity index (χ3v) is 5.97. The van der Waals surface area contributed by atoms with Crippen molar-refractivity contribution in [1.82, 2.24) is 4.57 Å². The van der Waals surface area contributed by atoms with Crippen molar-refractivity contribution in [1.29, 1.82) is 0 Å². The van der Waals surface area contributed by atoms with Crippen LogP contribution in [0.1, 0.15) is 20.8 Å². The first kappa shape index (κ1) is 20.9. The third kappa shape index (κ3) is 4.69. The van der Waals surface area contributed by atoms with Gasteiger partial charge in [0.25, 0.3) is 5.56 Å². The highest BCUT2D eigenvalue weighted by Gasteiger charge is 2.28. The first-order valence-electron chi connectivity index (χ1n) is 9.31. The van der Waals surface area contributed by atoms with Crippen LogP contribution in [-0.4, -0.2) is 21.8 Å². The Kier molecular flexibility index (Phi) is 5.41. The summed E-state index contributed by atoms with van der Waals surface area (Å²) in [6, 6.07) is 17.1. The smallest absolute Gasteiger partial charge is 0.406 e. The van der Waals surface area contributed by atoms with E-state index < -0.39 is 24.2 Å². The summed E-state index contributed by atoms with van der Waals surface area (Å²) >= 11 is 1.49. The Morgan fingerprint density at radius 1 is 1.03 bits per heavy atom. The molecule has 0 saturated carbocycles. The van der Waals surface area contributed by atoms with Crippen molar-refractivity contribution in [3.05, 3.63) is 93.2 Å². The zero-order valence-corrected chi connectivity index (χ0v) is 16.8. The number of alkyl halides is 3. The summed E-state index contributed by atoms with van der Waals surface area (Å²) in [4.78, 5) is 24.0. The van der Waals surface area contributed by atoms with E-state index in [-0.39, 0.29) is 5.56 Å². The van der Waals surface area contributed by atoms with Crippen LogP contribution in [-0.2, 0) is 13.0 Å². The number of benzene rings is 2. The van der Waals surface area contributed by atoms with Gasteiger partial charge in [0.05, 0.1) is 5.56 Å². The molecule has 4 nitrogen and oxygen atoms in total. The minimum absolute atomic E-state index is 0.193. The first-order valence-corrected chi connectivity index (χ1v) is 10.1. The maximum Gasteiger partial charge on any atom is 0.406 e. The van der Waals surface area contributed by atoms with Crippen LogP contribution in [0.25, 0.3) is 21.2 Å². The highest BCUT2D eigenvalue weighted by atomic mass is 32.1. The van der Waals surface area contributed by atoms with Crippen LogP contribution >= 0.6 is 11.3 Å². The molecule has 8 heteroatoms. The standard InChI is InChI=1S/C23H16F3NO3S/c24-23(25,26)13-27-12-14(7-8-20(27)28)9-18-11-16-4-2-6-19(21(16)31-18)15-3-1-5-17(10-15)22(29)30/h1-8,10-12H,9,13H2,(H,29,30). The number of pyridine rings is 1. The molecular formula is C23H16F3NO3S. The number of aromatic nitrogens is 1. The molecule has 0 aliphatic rings. The molecule has 1 N–H and O–H groups in total. The van der Waals surface area contributed by atoms with Gasteiger partial charge in [-0.25, -0.2) is 4.79 Å². The monoisotopic (exact) mass is 443 g/mol. The highest BCUT2D eigenvalue weighted by molar-refractivity contribution is 7.19. The molecule has 0 radical (unpaired) electrons. The fourth-order valence-electron chi connectivity index (χ4n) is 3.45. The van der Waals surface area contributed by atoms with Gasteiger partial charge in [0.15, 0.2) is 0 Å². The molecule has 0 amide bonds. The zero-order chi connectivity index (χ0) is 22.2. The van der Waals surface area contributed by atoms with Gasteiger partial charge < -0.3 is 9.67 Å². The molecule has 2 aromatic heterocycles. The van der Waals surface area contributed by atoms with Gasteiger partial charge in [-0.05, 0) is 40.3 Å². The lowest BCUT2D eigenvalue weighted by molar-refractivity contribution is -0.141. The average molecular weight is 443 g/mol. The Morgan fingerprint density at radius 2 is 1.81 bits per heavy atom. The van der Waals surface area contributed by atoms with Gasteiger partial charge in [0, 0.05) is 28.3 Å². The van der Waals surface area contributed by atoms with E-state index >= 15 is 0 Å². The van der Waals surface area contributed by atoms with Crippen molar-refractivity contribution in [2.45, 2.75) is 19.1 Å². The number of nitrogens with zero attached hydrogens (tertiary/aromatic N) is 1. The van der Waals surface area contributed by atoms with Gasteiger partial charge in [-0.15, -0.1) is 11.3 Å². The van der Waals surface area contributed by atoms with Crippen molar-refractivity contribution in [2.75, 3.05) is 0 Å². The number of carboxylic acid groups (broad SMARTS) is 1. The molecule has 2 aromatic carbocycles. The third-order valence-electron chi connectivity index (χ3n) is 4.79. The Bertz CT molecular complexity index is 1340. The molecule has 0 spiro atoms. The molecule has 0 atom stereocenters. The largest absolute Gasteiger partial charge is 0.478 e. The van der Waals surface area contributed by atoms with E-state index in [0.29, 0.717) is 16.6 Å². The second-order valence-electron chi connectivity index (χ2n) is 7.12. The van der Waals surface area contributed by atoms with Crippen molar-refractivity contribution >= 4 is 27.4 Å².